The van der Waals surface area contributed by atoms with Gasteiger partial charge in [0.25, 0.3) is 0 Å². The topological polar surface area (TPSA) is 83.9 Å². The van der Waals surface area contributed by atoms with Crippen LogP contribution in [0, 0.1) is 0 Å². The second-order valence-electron chi connectivity index (χ2n) is 3.39. The second-order valence-corrected chi connectivity index (χ2v) is 5.27. The fourth-order valence-corrected chi connectivity index (χ4v) is 2.56. The highest BCUT2D eigenvalue weighted by molar-refractivity contribution is 7.90. The molecular formula is C7H10F3NO5S. The molecule has 1 N–H and O–H groups in total. The number of carbonyl (C=O) groups is 1. The Morgan fingerprint density at radius 2 is 2.06 bits per heavy atom. The number of ether oxygens (including phenoxy) is 1. The lowest BCUT2D eigenvalue weighted by Crippen LogP contribution is -2.53. The largest absolute Gasteiger partial charge is 0.511 e. The number of carboxylic acid groups (broad SMARTS) is 1. The summed E-state index contributed by atoms with van der Waals surface area (Å²) in [7, 11) is -5.50. The summed E-state index contributed by atoms with van der Waals surface area (Å²) in [5.41, 5.74) is -5.43. The summed E-state index contributed by atoms with van der Waals surface area (Å²) in [5, 5.41) is 8.49. The van der Waals surface area contributed by atoms with Crippen molar-refractivity contribution in [3.05, 3.63) is 0 Å². The Bertz CT molecular complexity index is 393. The number of halogens is 3. The monoisotopic (exact) mass is 277 g/mol. The number of alkyl halides is 3. The Balaban J connectivity index is 2.96. The molecule has 0 spiro atoms. The van der Waals surface area contributed by atoms with E-state index in [0.717, 1.165) is 0 Å². The van der Waals surface area contributed by atoms with E-state index in [1.165, 1.54) is 0 Å². The van der Waals surface area contributed by atoms with Crippen molar-refractivity contribution in [2.45, 2.75) is 18.0 Å². The fourth-order valence-electron chi connectivity index (χ4n) is 1.45. The molecule has 0 aromatic carbocycles. The highest BCUT2D eigenvalue weighted by Gasteiger charge is 2.52. The molecule has 1 saturated heterocycles. The minimum absolute atomic E-state index is 0.143. The minimum Gasteiger partial charge on any atom is -0.481 e. The maximum Gasteiger partial charge on any atom is 0.511 e. The van der Waals surface area contributed by atoms with Crippen LogP contribution in [-0.4, -0.2) is 55.1 Å². The van der Waals surface area contributed by atoms with Gasteiger partial charge >= 0.3 is 21.5 Å². The molecule has 0 aromatic heterocycles. The summed E-state index contributed by atoms with van der Waals surface area (Å²) in [6.45, 7) is -1.05. The number of morpholine rings is 1. The van der Waals surface area contributed by atoms with Gasteiger partial charge in [-0.1, -0.05) is 0 Å². The molecule has 1 aliphatic heterocycles. The molecule has 0 aliphatic carbocycles. The van der Waals surface area contributed by atoms with Crippen LogP contribution in [0.5, 0.6) is 0 Å². The second kappa shape index (κ2) is 4.78. The van der Waals surface area contributed by atoms with E-state index in [1.807, 2.05) is 0 Å². The average molecular weight is 277 g/mol. The number of rotatable bonds is 3. The van der Waals surface area contributed by atoms with Crippen LogP contribution >= 0.6 is 0 Å². The number of aliphatic carboxylic acids is 1. The first-order chi connectivity index (χ1) is 7.66. The molecule has 1 fully saturated rings. The van der Waals surface area contributed by atoms with Crippen molar-refractivity contribution < 1.29 is 36.2 Å². The first kappa shape index (κ1) is 14.2. The summed E-state index contributed by atoms with van der Waals surface area (Å²) < 4.78 is 64.2. The predicted octanol–water partition coefficient (Wildman–Crippen LogP) is 0.0115. The highest BCUT2D eigenvalue weighted by Crippen LogP contribution is 2.29. The molecule has 0 saturated carbocycles. The van der Waals surface area contributed by atoms with Crippen molar-refractivity contribution in [2.75, 3.05) is 19.8 Å². The molecule has 0 aromatic rings. The molecule has 17 heavy (non-hydrogen) atoms. The molecule has 1 heterocycles. The van der Waals surface area contributed by atoms with E-state index in [9.17, 15) is 26.4 Å². The van der Waals surface area contributed by atoms with Gasteiger partial charge in [-0.25, -0.2) is 8.42 Å². The van der Waals surface area contributed by atoms with Crippen LogP contribution in [0.4, 0.5) is 13.2 Å². The van der Waals surface area contributed by atoms with E-state index in [1.54, 1.807) is 0 Å². The standard InChI is InChI=1S/C7H10F3NO5S/c8-7(9,10)17(14,15)11-1-2-16-4-5(11)3-6(12)13/h5H,1-4H2,(H,12,13). The molecule has 1 unspecified atom stereocenters. The lowest BCUT2D eigenvalue weighted by atomic mass is 10.2. The number of hydrogen-bond acceptors (Lipinski definition) is 4. The third-order valence-electron chi connectivity index (χ3n) is 2.18. The number of carboxylic acids is 1. The van der Waals surface area contributed by atoms with Crippen LogP contribution in [0.15, 0.2) is 0 Å². The summed E-state index contributed by atoms with van der Waals surface area (Å²) in [6, 6.07) is -1.33. The van der Waals surface area contributed by atoms with Gasteiger partial charge in [-0.3, -0.25) is 4.79 Å². The van der Waals surface area contributed by atoms with Crippen LogP contribution in [-0.2, 0) is 19.6 Å². The van der Waals surface area contributed by atoms with Gasteiger partial charge < -0.3 is 9.84 Å². The SMILES string of the molecule is O=C(O)CC1COCCN1S(=O)(=O)C(F)(F)F. The molecule has 0 amide bonds. The van der Waals surface area contributed by atoms with Gasteiger partial charge in [0.05, 0.1) is 25.7 Å². The first-order valence-corrected chi connectivity index (χ1v) is 5.98. The predicted molar refractivity (Wildman–Crippen MR) is 48.5 cm³/mol. The van der Waals surface area contributed by atoms with E-state index in [2.05, 4.69) is 0 Å². The molecule has 10 heteroatoms. The van der Waals surface area contributed by atoms with Crippen LogP contribution < -0.4 is 0 Å². The molecule has 0 radical (unpaired) electrons. The summed E-state index contributed by atoms with van der Waals surface area (Å²) >= 11 is 0. The van der Waals surface area contributed by atoms with Crippen molar-refractivity contribution in [3.63, 3.8) is 0 Å². The Morgan fingerprint density at radius 3 is 2.53 bits per heavy atom. The van der Waals surface area contributed by atoms with Crippen LogP contribution in [0.1, 0.15) is 6.42 Å². The van der Waals surface area contributed by atoms with Crippen molar-refractivity contribution in [1.29, 1.82) is 0 Å². The normalized spacial score (nSPS) is 23.6. The lowest BCUT2D eigenvalue weighted by Gasteiger charge is -2.33. The maximum absolute atomic E-state index is 12.3. The van der Waals surface area contributed by atoms with Gasteiger partial charge in [0, 0.05) is 6.54 Å². The van der Waals surface area contributed by atoms with E-state index in [0.29, 0.717) is 0 Å². The van der Waals surface area contributed by atoms with Crippen molar-refractivity contribution in [1.82, 2.24) is 4.31 Å². The third kappa shape index (κ3) is 3.07. The fraction of sp³-hybridized carbons (Fsp3) is 0.857. The number of hydrogen-bond donors (Lipinski definition) is 1. The lowest BCUT2D eigenvalue weighted by molar-refractivity contribution is -0.139. The van der Waals surface area contributed by atoms with E-state index >= 15 is 0 Å². The minimum atomic E-state index is -5.50. The quantitative estimate of drug-likeness (QED) is 0.785. The first-order valence-electron chi connectivity index (χ1n) is 4.54. The van der Waals surface area contributed by atoms with Gasteiger partial charge in [-0.05, 0) is 0 Å². The maximum atomic E-state index is 12.3. The van der Waals surface area contributed by atoms with Gasteiger partial charge in [0.1, 0.15) is 0 Å². The van der Waals surface area contributed by atoms with Crippen LogP contribution in [0.2, 0.25) is 0 Å². The van der Waals surface area contributed by atoms with E-state index in [4.69, 9.17) is 9.84 Å². The Morgan fingerprint density at radius 1 is 1.47 bits per heavy atom. The Hall–Kier alpha value is -0.870. The molecule has 1 rings (SSSR count). The molecule has 1 atom stereocenters. The zero-order valence-corrected chi connectivity index (χ0v) is 9.29. The van der Waals surface area contributed by atoms with E-state index in [-0.39, 0.29) is 17.5 Å². The van der Waals surface area contributed by atoms with Crippen molar-refractivity contribution in [3.8, 4) is 0 Å². The van der Waals surface area contributed by atoms with Gasteiger partial charge in [-0.15, -0.1) is 0 Å². The summed E-state index contributed by atoms with van der Waals surface area (Å²) in [4.78, 5) is 10.4. The zero-order chi connectivity index (χ0) is 13.3. The summed E-state index contributed by atoms with van der Waals surface area (Å²) in [5.74, 6) is -1.39. The molecule has 1 aliphatic rings. The molecule has 6 nitrogen and oxygen atoms in total. The van der Waals surface area contributed by atoms with Crippen LogP contribution in [0.25, 0.3) is 0 Å². The smallest absolute Gasteiger partial charge is 0.481 e. The van der Waals surface area contributed by atoms with Gasteiger partial charge in [-0.2, -0.15) is 17.5 Å². The summed E-state index contributed by atoms with van der Waals surface area (Å²) in [6.07, 6.45) is -0.727. The van der Waals surface area contributed by atoms with Crippen molar-refractivity contribution >= 4 is 16.0 Å². The van der Waals surface area contributed by atoms with E-state index < -0.39 is 40.5 Å². The molecular weight excluding hydrogens is 267 g/mol. The highest BCUT2D eigenvalue weighted by atomic mass is 32.2. The van der Waals surface area contributed by atoms with Gasteiger partial charge in [0.2, 0.25) is 0 Å². The van der Waals surface area contributed by atoms with Crippen molar-refractivity contribution in [2.24, 2.45) is 0 Å². The van der Waals surface area contributed by atoms with Gasteiger partial charge in [0.15, 0.2) is 0 Å². The van der Waals surface area contributed by atoms with Crippen LogP contribution in [0.3, 0.4) is 0 Å². The Kier molecular flexibility index (Phi) is 3.99. The number of sulfonamides is 1. The third-order valence-corrected chi connectivity index (χ3v) is 3.87. The molecule has 100 valence electrons. The zero-order valence-electron chi connectivity index (χ0n) is 8.48. The number of nitrogens with zero attached hydrogens (tertiary/aromatic N) is 1. The average Bonchev–Trinajstić information content (AvgIpc) is 2.15. The molecule has 0 bridgehead atoms. The Labute approximate surface area is 95.0 Å².